The fraction of sp³-hybridized carbons (Fsp3) is 0.167. The summed E-state index contributed by atoms with van der Waals surface area (Å²) >= 11 is 0. The van der Waals surface area contributed by atoms with Crippen molar-refractivity contribution >= 4 is 11.5 Å². The molecule has 3 rings (SSSR count). The molecule has 0 spiro atoms. The summed E-state index contributed by atoms with van der Waals surface area (Å²) in [4.78, 5) is 11.9. The molecule has 2 heterocycles. The van der Waals surface area contributed by atoms with Crippen molar-refractivity contribution < 1.29 is 14.3 Å². The molecule has 0 bridgehead atoms. The number of carbonyl (C=O) groups excluding carboxylic acids is 1. The number of ether oxygens (including phenoxy) is 2. The van der Waals surface area contributed by atoms with Crippen LogP contribution < -0.4 is 4.74 Å². The molecule has 0 saturated heterocycles. The zero-order valence-corrected chi connectivity index (χ0v) is 12.6. The first kappa shape index (κ1) is 14.2. The molecule has 4 heteroatoms. The van der Waals surface area contributed by atoms with E-state index in [1.165, 1.54) is 7.11 Å². The van der Waals surface area contributed by atoms with Gasteiger partial charge in [0.2, 0.25) is 0 Å². The van der Waals surface area contributed by atoms with E-state index >= 15 is 0 Å². The van der Waals surface area contributed by atoms with Gasteiger partial charge in [-0.3, -0.25) is 0 Å². The van der Waals surface area contributed by atoms with E-state index in [9.17, 15) is 4.79 Å². The summed E-state index contributed by atoms with van der Waals surface area (Å²) in [6, 6.07) is 15.7. The Kier molecular flexibility index (Phi) is 3.83. The number of hydrogen-bond acceptors (Lipinski definition) is 3. The second kappa shape index (κ2) is 5.93. The molecule has 0 atom stereocenters. The number of benzene rings is 1. The molecule has 3 aromatic rings. The van der Waals surface area contributed by atoms with Crippen LogP contribution in [-0.2, 0) is 11.3 Å². The quantitative estimate of drug-likeness (QED) is 0.690. The Hall–Kier alpha value is -2.75. The van der Waals surface area contributed by atoms with Crippen LogP contribution in [-0.4, -0.2) is 17.5 Å². The third kappa shape index (κ3) is 2.68. The molecule has 1 aromatic carbocycles. The predicted molar refractivity (Wildman–Crippen MR) is 84.2 cm³/mol. The lowest BCUT2D eigenvalue weighted by molar-refractivity contribution is 0.0592. The van der Waals surface area contributed by atoms with Gasteiger partial charge in [0.15, 0.2) is 0 Å². The lowest BCUT2D eigenvalue weighted by Gasteiger charge is -2.08. The Bertz CT molecular complexity index is 806. The zero-order chi connectivity index (χ0) is 15.5. The van der Waals surface area contributed by atoms with Gasteiger partial charge in [-0.2, -0.15) is 0 Å². The number of fused-ring (bicyclic) bond motifs is 1. The molecular formula is C18H17NO3. The van der Waals surface area contributed by atoms with Crippen molar-refractivity contribution in [2.24, 2.45) is 0 Å². The van der Waals surface area contributed by atoms with Crippen molar-refractivity contribution in [3.63, 3.8) is 0 Å². The Morgan fingerprint density at radius 3 is 2.64 bits per heavy atom. The standard InChI is InChI=1S/C18H17NO3/c1-13-10-15-8-9-16(11-19(15)17(13)18(20)21-2)22-12-14-6-4-3-5-7-14/h3-11H,12H2,1-2H3. The molecule has 2 aromatic heterocycles. The van der Waals surface area contributed by atoms with Crippen molar-refractivity contribution in [2.75, 3.05) is 7.11 Å². The Balaban J connectivity index is 1.90. The molecule has 0 amide bonds. The number of rotatable bonds is 4. The van der Waals surface area contributed by atoms with Crippen LogP contribution in [0.4, 0.5) is 0 Å². The van der Waals surface area contributed by atoms with Crippen LogP contribution in [0.2, 0.25) is 0 Å². The van der Waals surface area contributed by atoms with Gasteiger partial charge in [0.25, 0.3) is 0 Å². The van der Waals surface area contributed by atoms with Crippen molar-refractivity contribution in [1.29, 1.82) is 0 Å². The lowest BCUT2D eigenvalue weighted by Crippen LogP contribution is -2.07. The monoisotopic (exact) mass is 295 g/mol. The first-order chi connectivity index (χ1) is 10.7. The minimum absolute atomic E-state index is 0.349. The molecule has 0 unspecified atom stereocenters. The summed E-state index contributed by atoms with van der Waals surface area (Å²) in [5, 5.41) is 0. The van der Waals surface area contributed by atoms with Gasteiger partial charge in [-0.1, -0.05) is 30.3 Å². The number of methoxy groups -OCH3 is 1. The number of nitrogens with zero attached hydrogens (tertiary/aromatic N) is 1. The topological polar surface area (TPSA) is 39.9 Å². The minimum atomic E-state index is -0.349. The van der Waals surface area contributed by atoms with Crippen molar-refractivity contribution in [2.45, 2.75) is 13.5 Å². The van der Waals surface area contributed by atoms with Gasteiger partial charge in [-0.25, -0.2) is 4.79 Å². The number of hydrogen-bond donors (Lipinski definition) is 0. The fourth-order valence-electron chi connectivity index (χ4n) is 2.47. The zero-order valence-electron chi connectivity index (χ0n) is 12.6. The number of carbonyl (C=O) groups is 1. The summed E-state index contributed by atoms with van der Waals surface area (Å²) in [6.45, 7) is 2.38. The molecule has 0 fully saturated rings. The van der Waals surface area contributed by atoms with E-state index in [1.807, 2.05) is 66.1 Å². The Morgan fingerprint density at radius 1 is 1.14 bits per heavy atom. The molecule has 22 heavy (non-hydrogen) atoms. The van der Waals surface area contributed by atoms with E-state index < -0.39 is 0 Å². The minimum Gasteiger partial charge on any atom is -0.487 e. The largest absolute Gasteiger partial charge is 0.487 e. The Labute approximate surface area is 128 Å². The van der Waals surface area contributed by atoms with Gasteiger partial charge in [0.05, 0.1) is 13.3 Å². The highest BCUT2D eigenvalue weighted by atomic mass is 16.5. The SMILES string of the molecule is COC(=O)c1c(C)cc2ccc(OCc3ccccc3)cn12. The highest BCUT2D eigenvalue weighted by Crippen LogP contribution is 2.21. The summed E-state index contributed by atoms with van der Waals surface area (Å²) in [6.07, 6.45) is 1.82. The maximum absolute atomic E-state index is 11.9. The van der Waals surface area contributed by atoms with Crippen LogP contribution in [0.5, 0.6) is 5.75 Å². The molecular weight excluding hydrogens is 278 g/mol. The summed E-state index contributed by atoms with van der Waals surface area (Å²) in [7, 11) is 1.39. The number of pyridine rings is 1. The second-order valence-electron chi connectivity index (χ2n) is 5.10. The van der Waals surface area contributed by atoms with Gasteiger partial charge in [-0.05, 0) is 36.2 Å². The van der Waals surface area contributed by atoms with Gasteiger partial charge < -0.3 is 13.9 Å². The van der Waals surface area contributed by atoms with E-state index in [2.05, 4.69) is 0 Å². The van der Waals surface area contributed by atoms with Gasteiger partial charge >= 0.3 is 5.97 Å². The molecule has 112 valence electrons. The molecule has 0 aliphatic heterocycles. The van der Waals surface area contributed by atoms with E-state index in [-0.39, 0.29) is 5.97 Å². The van der Waals surface area contributed by atoms with Crippen molar-refractivity contribution in [1.82, 2.24) is 4.40 Å². The normalized spacial score (nSPS) is 10.6. The second-order valence-corrected chi connectivity index (χ2v) is 5.10. The average Bonchev–Trinajstić information content (AvgIpc) is 2.88. The summed E-state index contributed by atoms with van der Waals surface area (Å²) < 4.78 is 12.5. The molecule has 0 aliphatic carbocycles. The smallest absolute Gasteiger partial charge is 0.355 e. The van der Waals surface area contributed by atoms with Crippen LogP contribution in [0.3, 0.4) is 0 Å². The van der Waals surface area contributed by atoms with E-state index in [0.29, 0.717) is 18.1 Å². The molecule has 0 N–H and O–H groups in total. The van der Waals surface area contributed by atoms with Crippen molar-refractivity contribution in [3.05, 3.63) is 71.5 Å². The molecule has 0 saturated carbocycles. The van der Waals surface area contributed by atoms with E-state index in [1.54, 1.807) is 0 Å². The van der Waals surface area contributed by atoms with E-state index in [0.717, 1.165) is 16.6 Å². The van der Waals surface area contributed by atoms with Gasteiger partial charge in [-0.15, -0.1) is 0 Å². The Morgan fingerprint density at radius 2 is 1.91 bits per heavy atom. The van der Waals surface area contributed by atoms with Gasteiger partial charge in [0.1, 0.15) is 18.1 Å². The fourth-order valence-corrected chi connectivity index (χ4v) is 2.47. The predicted octanol–water partition coefficient (Wildman–Crippen LogP) is 3.61. The summed E-state index contributed by atoms with van der Waals surface area (Å²) in [5.74, 6) is 0.356. The first-order valence-corrected chi connectivity index (χ1v) is 7.06. The lowest BCUT2D eigenvalue weighted by atomic mass is 10.2. The first-order valence-electron chi connectivity index (χ1n) is 7.06. The van der Waals surface area contributed by atoms with E-state index in [4.69, 9.17) is 9.47 Å². The number of esters is 1. The molecule has 0 aliphatic rings. The van der Waals surface area contributed by atoms with Gasteiger partial charge in [0, 0.05) is 5.52 Å². The third-order valence-corrected chi connectivity index (χ3v) is 3.56. The third-order valence-electron chi connectivity index (χ3n) is 3.56. The van der Waals surface area contributed by atoms with Crippen LogP contribution in [0, 0.1) is 6.92 Å². The van der Waals surface area contributed by atoms with Crippen LogP contribution in [0.25, 0.3) is 5.52 Å². The highest BCUT2D eigenvalue weighted by molar-refractivity contribution is 5.91. The van der Waals surface area contributed by atoms with Crippen LogP contribution in [0.1, 0.15) is 21.6 Å². The molecule has 4 nitrogen and oxygen atoms in total. The molecule has 0 radical (unpaired) electrons. The average molecular weight is 295 g/mol. The summed E-state index contributed by atoms with van der Waals surface area (Å²) in [5.41, 5.74) is 3.44. The van der Waals surface area contributed by atoms with Crippen LogP contribution in [0.15, 0.2) is 54.7 Å². The number of aromatic nitrogens is 1. The van der Waals surface area contributed by atoms with Crippen molar-refractivity contribution in [3.8, 4) is 5.75 Å². The van der Waals surface area contributed by atoms with Crippen LogP contribution >= 0.6 is 0 Å². The maximum atomic E-state index is 11.9. The highest BCUT2D eigenvalue weighted by Gasteiger charge is 2.15. The maximum Gasteiger partial charge on any atom is 0.355 e. The number of aryl methyl sites for hydroxylation is 1.